The SMILES string of the molecule is NC(=O)CNc1ccc(Cl)cc1C(=O)c1ccccc1Cl. The van der Waals surface area contributed by atoms with Crippen molar-refractivity contribution in [2.24, 2.45) is 5.73 Å². The summed E-state index contributed by atoms with van der Waals surface area (Å²) in [5, 5.41) is 3.58. The third kappa shape index (κ3) is 3.74. The van der Waals surface area contributed by atoms with Gasteiger partial charge in [-0.25, -0.2) is 0 Å². The summed E-state index contributed by atoms with van der Waals surface area (Å²) in [4.78, 5) is 23.5. The Kier molecular flexibility index (Phi) is 4.83. The molecule has 2 rings (SSSR count). The van der Waals surface area contributed by atoms with Gasteiger partial charge in [0.15, 0.2) is 5.78 Å². The molecule has 0 bridgehead atoms. The van der Waals surface area contributed by atoms with Gasteiger partial charge in [0.05, 0.1) is 11.6 Å². The average Bonchev–Trinajstić information content (AvgIpc) is 2.45. The smallest absolute Gasteiger partial charge is 0.236 e. The van der Waals surface area contributed by atoms with E-state index in [-0.39, 0.29) is 12.3 Å². The van der Waals surface area contributed by atoms with E-state index in [0.29, 0.717) is 26.9 Å². The molecule has 0 radical (unpaired) electrons. The molecule has 0 saturated carbocycles. The van der Waals surface area contributed by atoms with Crippen molar-refractivity contribution in [3.8, 4) is 0 Å². The molecule has 0 fully saturated rings. The number of hydrogen-bond donors (Lipinski definition) is 2. The number of nitrogens with two attached hydrogens (primary N) is 1. The van der Waals surface area contributed by atoms with E-state index in [1.807, 2.05) is 0 Å². The Balaban J connectivity index is 2.42. The molecule has 0 heterocycles. The first kappa shape index (κ1) is 15.4. The monoisotopic (exact) mass is 322 g/mol. The van der Waals surface area contributed by atoms with Crippen molar-refractivity contribution in [2.45, 2.75) is 0 Å². The number of anilines is 1. The normalized spacial score (nSPS) is 10.2. The van der Waals surface area contributed by atoms with Crippen LogP contribution in [0.3, 0.4) is 0 Å². The lowest BCUT2D eigenvalue weighted by atomic mass is 10.0. The molecule has 0 aliphatic carbocycles. The van der Waals surface area contributed by atoms with Gasteiger partial charge in [0, 0.05) is 21.8 Å². The van der Waals surface area contributed by atoms with E-state index in [4.69, 9.17) is 28.9 Å². The zero-order valence-corrected chi connectivity index (χ0v) is 12.4. The first-order valence-corrected chi connectivity index (χ1v) is 6.85. The molecular weight excluding hydrogens is 311 g/mol. The summed E-state index contributed by atoms with van der Waals surface area (Å²) >= 11 is 12.0. The molecule has 0 aliphatic heterocycles. The standard InChI is InChI=1S/C15H12Cl2N2O2/c16-9-5-6-13(19-8-14(18)20)11(7-9)15(21)10-3-1-2-4-12(10)17/h1-7,19H,8H2,(H2,18,20). The molecule has 0 aliphatic rings. The summed E-state index contributed by atoms with van der Waals surface area (Å²) < 4.78 is 0. The largest absolute Gasteiger partial charge is 0.376 e. The molecule has 108 valence electrons. The Hall–Kier alpha value is -2.04. The maximum absolute atomic E-state index is 12.6. The molecule has 0 saturated heterocycles. The predicted octanol–water partition coefficient (Wildman–Crippen LogP) is 3.12. The zero-order valence-electron chi connectivity index (χ0n) is 10.9. The number of hydrogen-bond acceptors (Lipinski definition) is 3. The second-order valence-electron chi connectivity index (χ2n) is 4.32. The molecule has 3 N–H and O–H groups in total. The molecule has 0 unspecified atom stereocenters. The molecule has 0 spiro atoms. The van der Waals surface area contributed by atoms with Crippen LogP contribution in [0.4, 0.5) is 5.69 Å². The van der Waals surface area contributed by atoms with Crippen molar-refractivity contribution >= 4 is 40.6 Å². The van der Waals surface area contributed by atoms with Crippen LogP contribution in [-0.2, 0) is 4.79 Å². The second-order valence-corrected chi connectivity index (χ2v) is 5.16. The van der Waals surface area contributed by atoms with Crippen LogP contribution in [0.5, 0.6) is 0 Å². The molecule has 1 amide bonds. The number of benzene rings is 2. The fourth-order valence-corrected chi connectivity index (χ4v) is 2.22. The van der Waals surface area contributed by atoms with E-state index >= 15 is 0 Å². The third-order valence-corrected chi connectivity index (χ3v) is 3.36. The van der Waals surface area contributed by atoms with E-state index in [1.54, 1.807) is 36.4 Å². The Morgan fingerprint density at radius 3 is 2.43 bits per heavy atom. The summed E-state index contributed by atoms with van der Waals surface area (Å²) in [5.74, 6) is -0.809. The van der Waals surface area contributed by atoms with Gasteiger partial charge in [0.2, 0.25) is 5.91 Å². The molecule has 2 aromatic carbocycles. The minimum atomic E-state index is -0.527. The third-order valence-electron chi connectivity index (χ3n) is 2.80. The number of primary amides is 1. The van der Waals surface area contributed by atoms with Crippen LogP contribution in [0.15, 0.2) is 42.5 Å². The summed E-state index contributed by atoms with van der Waals surface area (Å²) in [6.45, 7) is -0.0789. The molecule has 21 heavy (non-hydrogen) atoms. The van der Waals surface area contributed by atoms with E-state index in [0.717, 1.165) is 0 Å². The fourth-order valence-electron chi connectivity index (χ4n) is 1.83. The Morgan fingerprint density at radius 2 is 1.76 bits per heavy atom. The maximum Gasteiger partial charge on any atom is 0.236 e. The van der Waals surface area contributed by atoms with Gasteiger partial charge in [0.1, 0.15) is 0 Å². The molecule has 6 heteroatoms. The van der Waals surface area contributed by atoms with Crippen LogP contribution >= 0.6 is 23.2 Å². The molecule has 2 aromatic rings. The Morgan fingerprint density at radius 1 is 1.05 bits per heavy atom. The van der Waals surface area contributed by atoms with Crippen LogP contribution in [0, 0.1) is 0 Å². The van der Waals surface area contributed by atoms with Crippen molar-refractivity contribution in [3.63, 3.8) is 0 Å². The van der Waals surface area contributed by atoms with Crippen molar-refractivity contribution in [3.05, 3.63) is 63.6 Å². The molecule has 0 atom stereocenters. The average molecular weight is 323 g/mol. The van der Waals surface area contributed by atoms with Crippen LogP contribution in [0.25, 0.3) is 0 Å². The summed E-state index contributed by atoms with van der Waals surface area (Å²) in [7, 11) is 0. The summed E-state index contributed by atoms with van der Waals surface area (Å²) in [6.07, 6.45) is 0. The summed E-state index contributed by atoms with van der Waals surface area (Å²) in [6, 6.07) is 11.5. The number of amides is 1. The minimum absolute atomic E-state index is 0.0789. The summed E-state index contributed by atoms with van der Waals surface area (Å²) in [5.41, 5.74) is 6.27. The van der Waals surface area contributed by atoms with Gasteiger partial charge in [-0.05, 0) is 30.3 Å². The first-order valence-electron chi connectivity index (χ1n) is 6.10. The molecule has 0 aromatic heterocycles. The van der Waals surface area contributed by atoms with Gasteiger partial charge < -0.3 is 11.1 Å². The highest BCUT2D eigenvalue weighted by molar-refractivity contribution is 6.35. The van der Waals surface area contributed by atoms with E-state index in [9.17, 15) is 9.59 Å². The Bertz CT molecular complexity index is 702. The van der Waals surface area contributed by atoms with Crippen molar-refractivity contribution < 1.29 is 9.59 Å². The zero-order chi connectivity index (χ0) is 15.4. The van der Waals surface area contributed by atoms with Crippen LogP contribution in [-0.4, -0.2) is 18.2 Å². The molecule has 4 nitrogen and oxygen atoms in total. The van der Waals surface area contributed by atoms with Gasteiger partial charge in [-0.2, -0.15) is 0 Å². The van der Waals surface area contributed by atoms with Crippen molar-refractivity contribution in [1.29, 1.82) is 0 Å². The first-order chi connectivity index (χ1) is 9.99. The predicted molar refractivity (Wildman–Crippen MR) is 84.0 cm³/mol. The lowest BCUT2D eigenvalue weighted by molar-refractivity contribution is -0.116. The van der Waals surface area contributed by atoms with E-state index in [1.165, 1.54) is 6.07 Å². The lowest BCUT2D eigenvalue weighted by Gasteiger charge is -2.11. The van der Waals surface area contributed by atoms with Crippen LogP contribution in [0.1, 0.15) is 15.9 Å². The van der Waals surface area contributed by atoms with Crippen LogP contribution < -0.4 is 11.1 Å². The fraction of sp³-hybridized carbons (Fsp3) is 0.0667. The number of nitrogens with one attached hydrogen (secondary N) is 1. The molecular formula is C15H12Cl2N2O2. The number of ketones is 1. The minimum Gasteiger partial charge on any atom is -0.376 e. The Labute approximate surface area is 131 Å². The van der Waals surface area contributed by atoms with E-state index in [2.05, 4.69) is 5.32 Å². The second kappa shape index (κ2) is 6.61. The van der Waals surface area contributed by atoms with Crippen molar-refractivity contribution in [1.82, 2.24) is 0 Å². The topological polar surface area (TPSA) is 72.2 Å². The number of carbonyl (C=O) groups excluding carboxylic acids is 2. The number of rotatable bonds is 5. The lowest BCUT2D eigenvalue weighted by Crippen LogP contribution is -2.22. The van der Waals surface area contributed by atoms with Gasteiger partial charge in [-0.3, -0.25) is 9.59 Å². The maximum atomic E-state index is 12.6. The van der Waals surface area contributed by atoms with Gasteiger partial charge >= 0.3 is 0 Å². The number of halogens is 2. The van der Waals surface area contributed by atoms with Gasteiger partial charge in [0.25, 0.3) is 0 Å². The quantitative estimate of drug-likeness (QED) is 0.831. The van der Waals surface area contributed by atoms with Crippen molar-refractivity contribution in [2.75, 3.05) is 11.9 Å². The highest BCUT2D eigenvalue weighted by atomic mass is 35.5. The van der Waals surface area contributed by atoms with Gasteiger partial charge in [-0.1, -0.05) is 35.3 Å². The van der Waals surface area contributed by atoms with Gasteiger partial charge in [-0.15, -0.1) is 0 Å². The highest BCUT2D eigenvalue weighted by Crippen LogP contribution is 2.26. The van der Waals surface area contributed by atoms with E-state index < -0.39 is 5.91 Å². The highest BCUT2D eigenvalue weighted by Gasteiger charge is 2.17. The number of carbonyl (C=O) groups is 2. The van der Waals surface area contributed by atoms with Crippen LogP contribution in [0.2, 0.25) is 10.0 Å².